The number of aromatic nitrogens is 1. The Balaban J connectivity index is 1.96. The Bertz CT molecular complexity index is 1000. The van der Waals surface area contributed by atoms with Crippen molar-refractivity contribution in [2.75, 3.05) is 13.7 Å². The van der Waals surface area contributed by atoms with Crippen LogP contribution < -0.4 is 4.74 Å². The summed E-state index contributed by atoms with van der Waals surface area (Å²) in [5.41, 5.74) is 3.67. The Kier molecular flexibility index (Phi) is 7.96. The summed E-state index contributed by atoms with van der Waals surface area (Å²) in [5.74, 6) is -0.363. The minimum absolute atomic E-state index is 0.220. The summed E-state index contributed by atoms with van der Waals surface area (Å²) in [6, 6.07) is 21.3. The van der Waals surface area contributed by atoms with E-state index >= 15 is 0 Å². The molecule has 0 spiro atoms. The Morgan fingerprint density at radius 2 is 1.87 bits per heavy atom. The first-order chi connectivity index (χ1) is 15.1. The average Bonchev–Trinajstić information content (AvgIpc) is 2.82. The fraction of sp³-hybridized carbons (Fsp3) is 0.231. The molecule has 5 nitrogen and oxygen atoms in total. The van der Waals surface area contributed by atoms with Crippen LogP contribution in [0, 0.1) is 5.92 Å². The second kappa shape index (κ2) is 11.1. The maximum atomic E-state index is 12.2. The number of aliphatic hydroxyl groups excluding tert-OH is 1. The van der Waals surface area contributed by atoms with Crippen molar-refractivity contribution in [1.29, 1.82) is 0 Å². The molecule has 3 aromatic rings. The van der Waals surface area contributed by atoms with Crippen molar-refractivity contribution in [2.45, 2.75) is 19.4 Å². The van der Waals surface area contributed by atoms with E-state index in [0.29, 0.717) is 12.2 Å². The highest BCUT2D eigenvalue weighted by molar-refractivity contribution is 5.77. The number of pyridine rings is 1. The number of hydrogen-bond donors (Lipinski definition) is 1. The third kappa shape index (κ3) is 6.03. The molecule has 0 aliphatic carbocycles. The number of hydrogen-bond acceptors (Lipinski definition) is 5. The van der Waals surface area contributed by atoms with E-state index in [0.717, 1.165) is 22.4 Å². The highest BCUT2D eigenvalue weighted by Crippen LogP contribution is 2.28. The molecule has 0 radical (unpaired) electrons. The van der Waals surface area contributed by atoms with Gasteiger partial charge in [-0.3, -0.25) is 4.98 Å². The van der Waals surface area contributed by atoms with Crippen molar-refractivity contribution in [2.24, 2.45) is 5.92 Å². The Labute approximate surface area is 183 Å². The number of carbonyl (C=O) groups excluding carboxylic acids is 1. The molecule has 0 aliphatic heterocycles. The van der Waals surface area contributed by atoms with Crippen LogP contribution in [0.1, 0.15) is 18.1 Å². The minimum atomic E-state index is -1.26. The highest BCUT2D eigenvalue weighted by Gasteiger charge is 2.25. The molecule has 0 saturated carbocycles. The van der Waals surface area contributed by atoms with Crippen molar-refractivity contribution in [3.8, 4) is 17.0 Å². The smallest absolute Gasteiger partial charge is 0.335 e. The molecule has 0 aliphatic rings. The molecule has 0 amide bonds. The standard InChI is InChI=1S/C26H27NO4/c1-3-31-26(29)25(28)21(17-19-9-5-4-6-10-19)13-12-20-18-22(30-2)14-15-23(20)24-11-7-8-16-27-24/h4-16,18,21,25,28H,3,17H2,1-2H3/b13-12+/t21-,25-/m0/s1. The SMILES string of the molecule is CCOC(=O)[C@@H](O)[C@@H](/C=C/c1cc(OC)ccc1-c1ccccn1)Cc1ccccc1. The Morgan fingerprint density at radius 1 is 1.10 bits per heavy atom. The van der Waals surface area contributed by atoms with Crippen LogP contribution in [0.3, 0.4) is 0 Å². The molecule has 0 unspecified atom stereocenters. The van der Waals surface area contributed by atoms with Gasteiger partial charge in [-0.15, -0.1) is 0 Å². The third-order valence-electron chi connectivity index (χ3n) is 4.97. The summed E-state index contributed by atoms with van der Waals surface area (Å²) in [6.07, 6.45) is 4.74. The van der Waals surface area contributed by atoms with Crippen molar-refractivity contribution < 1.29 is 19.4 Å². The molecular weight excluding hydrogens is 390 g/mol. The lowest BCUT2D eigenvalue weighted by atomic mass is 9.92. The monoisotopic (exact) mass is 417 g/mol. The van der Waals surface area contributed by atoms with Crippen molar-refractivity contribution in [1.82, 2.24) is 4.98 Å². The predicted octanol–water partition coefficient (Wildman–Crippen LogP) is 4.55. The van der Waals surface area contributed by atoms with Gasteiger partial charge in [0.1, 0.15) is 5.75 Å². The lowest BCUT2D eigenvalue weighted by Gasteiger charge is -2.19. The molecule has 1 N–H and O–H groups in total. The van der Waals surface area contributed by atoms with E-state index in [2.05, 4.69) is 4.98 Å². The fourth-order valence-electron chi connectivity index (χ4n) is 3.36. The number of aliphatic hydroxyl groups is 1. The summed E-state index contributed by atoms with van der Waals surface area (Å²) < 4.78 is 10.4. The van der Waals surface area contributed by atoms with Crippen LogP contribution in [0.25, 0.3) is 17.3 Å². The van der Waals surface area contributed by atoms with Gasteiger partial charge in [0, 0.05) is 17.7 Å². The maximum Gasteiger partial charge on any atom is 0.335 e. The number of rotatable bonds is 9. The maximum absolute atomic E-state index is 12.2. The lowest BCUT2D eigenvalue weighted by molar-refractivity contribution is -0.155. The number of benzene rings is 2. The Hall–Kier alpha value is -3.44. The molecule has 1 aromatic heterocycles. The minimum Gasteiger partial charge on any atom is -0.497 e. The van der Waals surface area contributed by atoms with Crippen molar-refractivity contribution in [3.63, 3.8) is 0 Å². The molecule has 0 bridgehead atoms. The molecule has 1 heterocycles. The number of esters is 1. The Morgan fingerprint density at radius 3 is 2.55 bits per heavy atom. The first kappa shape index (κ1) is 22.2. The summed E-state index contributed by atoms with van der Waals surface area (Å²) >= 11 is 0. The van der Waals surface area contributed by atoms with Crippen LogP contribution in [0.4, 0.5) is 0 Å². The largest absolute Gasteiger partial charge is 0.497 e. The van der Waals surface area contributed by atoms with Crippen LogP contribution in [0.15, 0.2) is 79.0 Å². The molecule has 2 atom stereocenters. The zero-order valence-electron chi connectivity index (χ0n) is 17.8. The predicted molar refractivity (Wildman–Crippen MR) is 122 cm³/mol. The van der Waals surface area contributed by atoms with Gasteiger partial charge < -0.3 is 14.6 Å². The van der Waals surface area contributed by atoms with E-state index < -0.39 is 18.0 Å². The van der Waals surface area contributed by atoms with Crippen molar-refractivity contribution >= 4 is 12.0 Å². The lowest BCUT2D eigenvalue weighted by Crippen LogP contribution is -2.31. The van der Waals surface area contributed by atoms with Gasteiger partial charge in [-0.1, -0.05) is 48.6 Å². The quantitative estimate of drug-likeness (QED) is 0.517. The van der Waals surface area contributed by atoms with Gasteiger partial charge in [0.2, 0.25) is 0 Å². The van der Waals surface area contributed by atoms with Crippen LogP contribution >= 0.6 is 0 Å². The molecule has 31 heavy (non-hydrogen) atoms. The van der Waals surface area contributed by atoms with Gasteiger partial charge in [0.05, 0.1) is 19.4 Å². The average molecular weight is 418 g/mol. The molecular formula is C26H27NO4. The van der Waals surface area contributed by atoms with Crippen LogP contribution in [-0.4, -0.2) is 35.9 Å². The summed E-state index contributed by atoms with van der Waals surface area (Å²) in [5, 5.41) is 10.7. The van der Waals surface area contributed by atoms with E-state index in [4.69, 9.17) is 9.47 Å². The van der Waals surface area contributed by atoms with Gasteiger partial charge >= 0.3 is 5.97 Å². The van der Waals surface area contributed by atoms with Crippen LogP contribution in [0.5, 0.6) is 5.75 Å². The fourth-order valence-corrected chi connectivity index (χ4v) is 3.36. The first-order valence-corrected chi connectivity index (χ1v) is 10.3. The number of nitrogens with zero attached hydrogens (tertiary/aromatic N) is 1. The molecule has 0 fully saturated rings. The van der Waals surface area contributed by atoms with E-state index in [1.165, 1.54) is 0 Å². The zero-order valence-corrected chi connectivity index (χ0v) is 17.8. The van der Waals surface area contributed by atoms with E-state index in [9.17, 15) is 9.90 Å². The molecule has 0 saturated heterocycles. The topological polar surface area (TPSA) is 68.7 Å². The van der Waals surface area contributed by atoms with Crippen LogP contribution in [0.2, 0.25) is 0 Å². The van der Waals surface area contributed by atoms with E-state index in [1.807, 2.05) is 78.9 Å². The third-order valence-corrected chi connectivity index (χ3v) is 4.97. The summed E-state index contributed by atoms with van der Waals surface area (Å²) in [4.78, 5) is 16.7. The van der Waals surface area contributed by atoms with Gasteiger partial charge in [-0.2, -0.15) is 0 Å². The highest BCUT2D eigenvalue weighted by atomic mass is 16.5. The van der Waals surface area contributed by atoms with Gasteiger partial charge in [0.15, 0.2) is 6.10 Å². The second-order valence-corrected chi connectivity index (χ2v) is 7.08. The molecule has 5 heteroatoms. The normalized spacial score (nSPS) is 13.0. The van der Waals surface area contributed by atoms with E-state index in [1.54, 1.807) is 20.2 Å². The number of ether oxygens (including phenoxy) is 2. The van der Waals surface area contributed by atoms with Gasteiger partial charge in [-0.25, -0.2) is 4.79 Å². The summed E-state index contributed by atoms with van der Waals surface area (Å²) in [7, 11) is 1.62. The molecule has 2 aromatic carbocycles. The number of carbonyl (C=O) groups is 1. The van der Waals surface area contributed by atoms with Crippen molar-refractivity contribution in [3.05, 3.63) is 90.1 Å². The zero-order chi connectivity index (χ0) is 22.1. The van der Waals surface area contributed by atoms with E-state index in [-0.39, 0.29) is 6.61 Å². The van der Waals surface area contributed by atoms with Gasteiger partial charge in [0.25, 0.3) is 0 Å². The number of methoxy groups -OCH3 is 1. The second-order valence-electron chi connectivity index (χ2n) is 7.08. The summed E-state index contributed by atoms with van der Waals surface area (Å²) in [6.45, 7) is 1.94. The van der Waals surface area contributed by atoms with Gasteiger partial charge in [-0.05, 0) is 54.8 Å². The first-order valence-electron chi connectivity index (χ1n) is 10.3. The molecule has 160 valence electrons. The van der Waals surface area contributed by atoms with Crippen LogP contribution in [-0.2, 0) is 16.0 Å². The molecule has 3 rings (SSSR count).